The molecule has 1 aliphatic heterocycles. The summed E-state index contributed by atoms with van der Waals surface area (Å²) in [5.74, 6) is 1.53. The molecule has 110 valence electrons. The summed E-state index contributed by atoms with van der Waals surface area (Å²) in [6.07, 6.45) is 2.99. The highest BCUT2D eigenvalue weighted by molar-refractivity contribution is 6.29. The van der Waals surface area contributed by atoms with Gasteiger partial charge in [-0.1, -0.05) is 32.4 Å². The van der Waals surface area contributed by atoms with Crippen LogP contribution < -0.4 is 0 Å². The molecule has 2 rings (SSSR count). The monoisotopic (exact) mass is 294 g/mol. The molecule has 1 aromatic heterocycles. The zero-order chi connectivity index (χ0) is 14.7. The minimum absolute atomic E-state index is 0.0891. The van der Waals surface area contributed by atoms with Crippen LogP contribution >= 0.6 is 11.6 Å². The summed E-state index contributed by atoms with van der Waals surface area (Å²) in [5, 5.41) is 0.407. The number of nitrogens with zero attached hydrogens (tertiary/aromatic N) is 2. The van der Waals surface area contributed by atoms with Gasteiger partial charge < -0.3 is 4.90 Å². The molecule has 0 saturated carbocycles. The number of aromatic nitrogens is 1. The van der Waals surface area contributed by atoms with Gasteiger partial charge in [0.2, 0.25) is 0 Å². The summed E-state index contributed by atoms with van der Waals surface area (Å²) >= 11 is 5.99. The smallest absolute Gasteiger partial charge is 0.254 e. The lowest BCUT2D eigenvalue weighted by molar-refractivity contribution is 0.0667. The fourth-order valence-electron chi connectivity index (χ4n) is 2.81. The average molecular weight is 295 g/mol. The van der Waals surface area contributed by atoms with E-state index in [0.717, 1.165) is 44.0 Å². The molecule has 0 N–H and O–H groups in total. The molecule has 0 atom stereocenters. The molecule has 0 aromatic carbocycles. The topological polar surface area (TPSA) is 33.2 Å². The lowest BCUT2D eigenvalue weighted by Crippen LogP contribution is -2.39. The lowest BCUT2D eigenvalue weighted by atomic mass is 9.86. The first kappa shape index (κ1) is 15.3. The van der Waals surface area contributed by atoms with E-state index >= 15 is 0 Å². The van der Waals surface area contributed by atoms with Crippen molar-refractivity contribution < 1.29 is 4.79 Å². The molecule has 1 aliphatic rings. The maximum atomic E-state index is 12.5. The molecule has 4 heteroatoms. The molecular formula is C16H23ClN2O. The first-order chi connectivity index (χ1) is 9.51. The van der Waals surface area contributed by atoms with E-state index < -0.39 is 0 Å². The van der Waals surface area contributed by atoms with Gasteiger partial charge >= 0.3 is 0 Å². The van der Waals surface area contributed by atoms with Crippen LogP contribution in [0.5, 0.6) is 0 Å². The van der Waals surface area contributed by atoms with E-state index in [1.807, 2.05) is 17.9 Å². The molecule has 0 spiro atoms. The Hall–Kier alpha value is -1.09. The predicted molar refractivity (Wildman–Crippen MR) is 82.1 cm³/mol. The number of halogens is 1. The number of piperidine rings is 1. The van der Waals surface area contributed by atoms with E-state index in [1.165, 1.54) is 0 Å². The number of carbonyl (C=O) groups excluding carboxylic acids is 1. The third-order valence-corrected chi connectivity index (χ3v) is 4.42. The van der Waals surface area contributed by atoms with Crippen LogP contribution in [-0.4, -0.2) is 28.9 Å². The van der Waals surface area contributed by atoms with Crippen molar-refractivity contribution in [2.24, 2.45) is 11.8 Å². The van der Waals surface area contributed by atoms with Gasteiger partial charge in [-0.05, 0) is 43.2 Å². The molecular weight excluding hydrogens is 272 g/mol. The van der Waals surface area contributed by atoms with E-state index in [1.54, 1.807) is 6.07 Å². The third kappa shape index (κ3) is 3.51. The van der Waals surface area contributed by atoms with Gasteiger partial charge in [-0.15, -0.1) is 0 Å². The quantitative estimate of drug-likeness (QED) is 0.794. The maximum Gasteiger partial charge on any atom is 0.254 e. The van der Waals surface area contributed by atoms with E-state index in [2.05, 4.69) is 18.8 Å². The summed E-state index contributed by atoms with van der Waals surface area (Å²) in [6, 6.07) is 3.54. The van der Waals surface area contributed by atoms with Gasteiger partial charge in [0.25, 0.3) is 5.91 Å². The van der Waals surface area contributed by atoms with Crippen LogP contribution in [0.1, 0.15) is 49.7 Å². The van der Waals surface area contributed by atoms with Crippen LogP contribution in [0.25, 0.3) is 0 Å². The fraction of sp³-hybridized carbons (Fsp3) is 0.625. The number of carbonyl (C=O) groups is 1. The number of rotatable bonds is 3. The minimum Gasteiger partial charge on any atom is -0.339 e. The minimum atomic E-state index is 0.0891. The Bertz CT molecular complexity index is 479. The maximum absolute atomic E-state index is 12.5. The third-order valence-electron chi connectivity index (χ3n) is 4.23. The van der Waals surface area contributed by atoms with Gasteiger partial charge in [0.15, 0.2) is 0 Å². The Balaban J connectivity index is 2.07. The summed E-state index contributed by atoms with van der Waals surface area (Å²) < 4.78 is 0. The summed E-state index contributed by atoms with van der Waals surface area (Å²) in [7, 11) is 0. The zero-order valence-corrected chi connectivity index (χ0v) is 13.3. The van der Waals surface area contributed by atoms with Gasteiger partial charge in [0.1, 0.15) is 5.15 Å². The highest BCUT2D eigenvalue weighted by Crippen LogP contribution is 2.25. The molecule has 0 unspecified atom stereocenters. The number of aryl methyl sites for hydroxylation is 1. The number of hydrogen-bond acceptors (Lipinski definition) is 2. The first-order valence-electron chi connectivity index (χ1n) is 7.47. The summed E-state index contributed by atoms with van der Waals surface area (Å²) in [6.45, 7) is 8.24. The van der Waals surface area contributed by atoms with Crippen molar-refractivity contribution >= 4 is 17.5 Å². The standard InChI is InChI=1S/C16H23ClN2O/c1-4-14-9-13(10-15(17)18-14)16(20)19-7-5-12(6-8-19)11(2)3/h9-12H,4-8H2,1-3H3. The molecule has 1 fully saturated rings. The number of hydrogen-bond donors (Lipinski definition) is 0. The van der Waals surface area contributed by atoms with Gasteiger partial charge in [0.05, 0.1) is 0 Å². The molecule has 1 saturated heterocycles. The van der Waals surface area contributed by atoms with E-state index in [0.29, 0.717) is 16.6 Å². The van der Waals surface area contributed by atoms with Gasteiger partial charge in [-0.2, -0.15) is 0 Å². The number of likely N-dealkylation sites (tertiary alicyclic amines) is 1. The summed E-state index contributed by atoms with van der Waals surface area (Å²) in [4.78, 5) is 18.7. The van der Waals surface area contributed by atoms with Crippen molar-refractivity contribution in [1.82, 2.24) is 9.88 Å². The molecule has 20 heavy (non-hydrogen) atoms. The second-order valence-corrected chi connectivity index (χ2v) is 6.28. The summed E-state index contributed by atoms with van der Waals surface area (Å²) in [5.41, 5.74) is 1.54. The zero-order valence-electron chi connectivity index (χ0n) is 12.5. The van der Waals surface area contributed by atoms with Crippen LogP contribution in [0.15, 0.2) is 12.1 Å². The lowest BCUT2D eigenvalue weighted by Gasteiger charge is -2.34. The SMILES string of the molecule is CCc1cc(C(=O)N2CCC(C(C)C)CC2)cc(Cl)n1. The highest BCUT2D eigenvalue weighted by Gasteiger charge is 2.25. The number of amides is 1. The van der Waals surface area contributed by atoms with Gasteiger partial charge in [-0.3, -0.25) is 4.79 Å². The van der Waals surface area contributed by atoms with Crippen LogP contribution in [0.4, 0.5) is 0 Å². The van der Waals surface area contributed by atoms with Crippen molar-refractivity contribution in [2.45, 2.75) is 40.0 Å². The molecule has 0 aliphatic carbocycles. The normalized spacial score (nSPS) is 16.8. The predicted octanol–water partition coefficient (Wildman–Crippen LogP) is 3.81. The van der Waals surface area contributed by atoms with Crippen LogP contribution in [-0.2, 0) is 6.42 Å². The number of pyridine rings is 1. The van der Waals surface area contributed by atoms with Gasteiger partial charge in [-0.25, -0.2) is 4.98 Å². The van der Waals surface area contributed by atoms with Crippen LogP contribution in [0.2, 0.25) is 5.15 Å². The highest BCUT2D eigenvalue weighted by atomic mass is 35.5. The largest absolute Gasteiger partial charge is 0.339 e. The second-order valence-electron chi connectivity index (χ2n) is 5.90. The first-order valence-corrected chi connectivity index (χ1v) is 7.84. The molecule has 2 heterocycles. The van der Waals surface area contributed by atoms with Gasteiger partial charge in [0, 0.05) is 24.3 Å². The van der Waals surface area contributed by atoms with E-state index in [9.17, 15) is 4.79 Å². The molecule has 0 radical (unpaired) electrons. The Morgan fingerprint density at radius 2 is 2.05 bits per heavy atom. The van der Waals surface area contributed by atoms with Crippen molar-refractivity contribution in [1.29, 1.82) is 0 Å². The Morgan fingerprint density at radius 1 is 1.40 bits per heavy atom. The molecule has 1 amide bonds. The fourth-order valence-corrected chi connectivity index (χ4v) is 3.03. The Morgan fingerprint density at radius 3 is 2.60 bits per heavy atom. The molecule has 1 aromatic rings. The van der Waals surface area contributed by atoms with Crippen LogP contribution in [0, 0.1) is 11.8 Å². The van der Waals surface area contributed by atoms with Crippen LogP contribution in [0.3, 0.4) is 0 Å². The Kier molecular flexibility index (Phi) is 5.03. The molecule has 3 nitrogen and oxygen atoms in total. The second kappa shape index (κ2) is 6.57. The molecule has 0 bridgehead atoms. The van der Waals surface area contributed by atoms with Crippen molar-refractivity contribution in [3.05, 3.63) is 28.5 Å². The van der Waals surface area contributed by atoms with Crippen molar-refractivity contribution in [2.75, 3.05) is 13.1 Å². The van der Waals surface area contributed by atoms with E-state index in [4.69, 9.17) is 11.6 Å². The average Bonchev–Trinajstić information content (AvgIpc) is 2.45. The van der Waals surface area contributed by atoms with Crippen molar-refractivity contribution in [3.8, 4) is 0 Å². The van der Waals surface area contributed by atoms with Crippen molar-refractivity contribution in [3.63, 3.8) is 0 Å². The Labute approximate surface area is 126 Å². The van der Waals surface area contributed by atoms with E-state index in [-0.39, 0.29) is 5.91 Å².